The Hall–Kier alpha value is -3.17. The lowest BCUT2D eigenvalue weighted by Gasteiger charge is -2.20. The number of benzene rings is 2. The van der Waals surface area contributed by atoms with E-state index < -0.39 is 5.97 Å². The van der Waals surface area contributed by atoms with Crippen LogP contribution in [0.25, 0.3) is 0 Å². The molecule has 0 saturated carbocycles. The Morgan fingerprint density at radius 3 is 2.53 bits per heavy atom. The van der Waals surface area contributed by atoms with E-state index in [1.165, 1.54) is 11.8 Å². The lowest BCUT2D eigenvalue weighted by atomic mass is 10.2. The zero-order valence-corrected chi connectivity index (χ0v) is 21.0. The second-order valence-corrected chi connectivity index (χ2v) is 9.47. The van der Waals surface area contributed by atoms with Gasteiger partial charge in [-0.05, 0) is 44.0 Å². The number of hydrogen-bond donors (Lipinski definition) is 1. The SMILES string of the molecule is CCOC(=O)c1sc(N(Cc2ccccc2)C(=O)CSCC(=O)Nc2cccc(C)c2)nc1C. The standard InChI is InChI=1S/C25H27N3O4S2/c1-4-32-24(31)23-18(3)26-25(34-23)28(14-19-10-6-5-7-11-19)22(30)16-33-15-21(29)27-20-12-8-9-17(2)13-20/h5-13H,4,14-16H2,1-3H3,(H,27,29). The minimum absolute atomic E-state index is 0.0986. The molecule has 0 spiro atoms. The number of carbonyl (C=O) groups is 3. The van der Waals surface area contributed by atoms with E-state index in [0.717, 1.165) is 28.2 Å². The van der Waals surface area contributed by atoms with E-state index >= 15 is 0 Å². The van der Waals surface area contributed by atoms with E-state index in [2.05, 4.69) is 10.3 Å². The Labute approximate surface area is 207 Å². The topological polar surface area (TPSA) is 88.6 Å². The van der Waals surface area contributed by atoms with Gasteiger partial charge in [0.15, 0.2) is 5.13 Å². The lowest BCUT2D eigenvalue weighted by molar-refractivity contribution is -0.116. The summed E-state index contributed by atoms with van der Waals surface area (Å²) in [6.45, 7) is 6.00. The molecule has 0 aliphatic heterocycles. The van der Waals surface area contributed by atoms with E-state index in [9.17, 15) is 14.4 Å². The predicted octanol–water partition coefficient (Wildman–Crippen LogP) is 4.84. The van der Waals surface area contributed by atoms with Gasteiger partial charge in [-0.15, -0.1) is 11.8 Å². The monoisotopic (exact) mass is 497 g/mol. The molecule has 0 unspecified atom stereocenters. The van der Waals surface area contributed by atoms with Crippen LogP contribution in [0.4, 0.5) is 10.8 Å². The number of aryl methyl sites for hydroxylation is 2. The van der Waals surface area contributed by atoms with Gasteiger partial charge in [0.2, 0.25) is 11.8 Å². The van der Waals surface area contributed by atoms with Gasteiger partial charge in [-0.1, -0.05) is 53.8 Å². The Bertz CT molecular complexity index is 1150. The molecule has 7 nitrogen and oxygen atoms in total. The van der Waals surface area contributed by atoms with E-state index in [4.69, 9.17) is 4.74 Å². The van der Waals surface area contributed by atoms with Crippen molar-refractivity contribution in [2.24, 2.45) is 0 Å². The van der Waals surface area contributed by atoms with Gasteiger partial charge in [-0.25, -0.2) is 9.78 Å². The van der Waals surface area contributed by atoms with Gasteiger partial charge in [0.1, 0.15) is 4.88 Å². The molecule has 0 radical (unpaired) electrons. The van der Waals surface area contributed by atoms with Crippen LogP contribution >= 0.6 is 23.1 Å². The second-order valence-electron chi connectivity index (χ2n) is 7.51. The van der Waals surface area contributed by atoms with Gasteiger partial charge < -0.3 is 10.1 Å². The average Bonchev–Trinajstić information content (AvgIpc) is 3.19. The highest BCUT2D eigenvalue weighted by molar-refractivity contribution is 8.00. The zero-order valence-electron chi connectivity index (χ0n) is 19.4. The normalized spacial score (nSPS) is 10.6. The summed E-state index contributed by atoms with van der Waals surface area (Å²) < 4.78 is 5.11. The third kappa shape index (κ3) is 7.16. The Kier molecular flexibility index (Phi) is 9.24. The van der Waals surface area contributed by atoms with E-state index in [1.54, 1.807) is 18.7 Å². The highest BCUT2D eigenvalue weighted by Crippen LogP contribution is 2.29. The van der Waals surface area contributed by atoms with E-state index in [1.807, 2.05) is 61.5 Å². The molecule has 9 heteroatoms. The number of aromatic nitrogens is 1. The van der Waals surface area contributed by atoms with Gasteiger partial charge in [0.25, 0.3) is 0 Å². The highest BCUT2D eigenvalue weighted by atomic mass is 32.2. The summed E-state index contributed by atoms with van der Waals surface area (Å²) in [5.74, 6) is -0.572. The molecule has 0 saturated heterocycles. The summed E-state index contributed by atoms with van der Waals surface area (Å²) in [5, 5.41) is 3.28. The number of anilines is 2. The molecule has 1 N–H and O–H groups in total. The largest absolute Gasteiger partial charge is 0.462 e. The first-order chi connectivity index (χ1) is 16.4. The molecule has 3 aromatic rings. The summed E-state index contributed by atoms with van der Waals surface area (Å²) in [6, 6.07) is 17.1. The third-order valence-electron chi connectivity index (χ3n) is 4.72. The van der Waals surface area contributed by atoms with Crippen LogP contribution in [0.2, 0.25) is 0 Å². The fourth-order valence-corrected chi connectivity index (χ4v) is 4.81. The number of esters is 1. The van der Waals surface area contributed by atoms with Crippen molar-refractivity contribution in [3.8, 4) is 0 Å². The van der Waals surface area contributed by atoms with Crippen LogP contribution in [0.1, 0.15) is 33.4 Å². The maximum Gasteiger partial charge on any atom is 0.350 e. The van der Waals surface area contributed by atoms with Crippen LogP contribution in [0, 0.1) is 13.8 Å². The van der Waals surface area contributed by atoms with Crippen molar-refractivity contribution in [2.45, 2.75) is 27.3 Å². The molecular weight excluding hydrogens is 470 g/mol. The lowest BCUT2D eigenvalue weighted by Crippen LogP contribution is -2.32. The molecule has 0 aliphatic carbocycles. The fourth-order valence-electron chi connectivity index (χ4n) is 3.14. The molecule has 1 heterocycles. The number of ether oxygens (including phenoxy) is 1. The molecule has 0 aliphatic rings. The first-order valence-corrected chi connectivity index (χ1v) is 12.8. The van der Waals surface area contributed by atoms with E-state index in [-0.39, 0.29) is 29.9 Å². The van der Waals surface area contributed by atoms with Crippen molar-refractivity contribution >= 4 is 51.7 Å². The Morgan fingerprint density at radius 1 is 1.06 bits per heavy atom. The van der Waals surface area contributed by atoms with Gasteiger partial charge in [0.05, 0.1) is 30.4 Å². The van der Waals surface area contributed by atoms with Crippen LogP contribution in [-0.2, 0) is 20.9 Å². The second kappa shape index (κ2) is 12.3. The molecule has 0 fully saturated rings. The Morgan fingerprint density at radius 2 is 1.82 bits per heavy atom. The number of carbonyl (C=O) groups excluding carboxylic acids is 3. The summed E-state index contributed by atoms with van der Waals surface area (Å²) in [5.41, 5.74) is 3.24. The number of thioether (sulfide) groups is 1. The molecule has 34 heavy (non-hydrogen) atoms. The predicted molar refractivity (Wildman–Crippen MR) is 138 cm³/mol. The molecule has 1 aromatic heterocycles. The number of nitrogens with one attached hydrogen (secondary N) is 1. The molecule has 2 aromatic carbocycles. The third-order valence-corrected chi connectivity index (χ3v) is 6.80. The maximum atomic E-state index is 13.2. The minimum atomic E-state index is -0.446. The highest BCUT2D eigenvalue weighted by Gasteiger charge is 2.24. The summed E-state index contributed by atoms with van der Waals surface area (Å²) >= 11 is 2.37. The number of amides is 2. The van der Waals surface area contributed by atoms with Gasteiger partial charge in [-0.2, -0.15) is 0 Å². The van der Waals surface area contributed by atoms with Crippen molar-refractivity contribution in [1.29, 1.82) is 0 Å². The van der Waals surface area contributed by atoms with Crippen molar-refractivity contribution in [3.63, 3.8) is 0 Å². The first kappa shape index (κ1) is 25.5. The van der Waals surface area contributed by atoms with E-state index in [0.29, 0.717) is 22.2 Å². The summed E-state index contributed by atoms with van der Waals surface area (Å²) in [6.07, 6.45) is 0. The quantitative estimate of drug-likeness (QED) is 0.403. The van der Waals surface area contributed by atoms with Crippen LogP contribution in [0.15, 0.2) is 54.6 Å². The van der Waals surface area contributed by atoms with Gasteiger partial charge in [-0.3, -0.25) is 14.5 Å². The number of rotatable bonds is 10. The van der Waals surface area contributed by atoms with Gasteiger partial charge >= 0.3 is 5.97 Å². The van der Waals surface area contributed by atoms with Crippen LogP contribution in [0.3, 0.4) is 0 Å². The number of thiazole rings is 1. The maximum absolute atomic E-state index is 13.2. The Balaban J connectivity index is 1.68. The van der Waals surface area contributed by atoms with Crippen molar-refractivity contribution in [1.82, 2.24) is 4.98 Å². The molecular formula is C25H27N3O4S2. The van der Waals surface area contributed by atoms with Crippen molar-refractivity contribution < 1.29 is 19.1 Å². The smallest absolute Gasteiger partial charge is 0.350 e. The molecule has 0 bridgehead atoms. The molecule has 3 rings (SSSR count). The molecule has 178 valence electrons. The minimum Gasteiger partial charge on any atom is -0.462 e. The van der Waals surface area contributed by atoms with Crippen LogP contribution < -0.4 is 10.2 Å². The summed E-state index contributed by atoms with van der Waals surface area (Å²) in [4.78, 5) is 44.1. The average molecular weight is 498 g/mol. The van der Waals surface area contributed by atoms with Gasteiger partial charge in [0, 0.05) is 5.69 Å². The first-order valence-electron chi connectivity index (χ1n) is 10.8. The fraction of sp³-hybridized carbons (Fsp3) is 0.280. The number of hydrogen-bond acceptors (Lipinski definition) is 7. The van der Waals surface area contributed by atoms with Crippen LogP contribution in [0.5, 0.6) is 0 Å². The number of nitrogens with zero attached hydrogens (tertiary/aromatic N) is 2. The molecule has 2 amide bonds. The van der Waals surface area contributed by atoms with Crippen molar-refractivity contribution in [3.05, 3.63) is 76.3 Å². The summed E-state index contributed by atoms with van der Waals surface area (Å²) in [7, 11) is 0. The molecule has 0 atom stereocenters. The van der Waals surface area contributed by atoms with Crippen LogP contribution in [-0.4, -0.2) is 40.9 Å². The van der Waals surface area contributed by atoms with Crippen molar-refractivity contribution in [2.75, 3.05) is 28.3 Å². The zero-order chi connectivity index (χ0) is 24.5.